The Morgan fingerprint density at radius 3 is 2.65 bits per heavy atom. The predicted octanol–water partition coefficient (Wildman–Crippen LogP) is 6.07. The average Bonchev–Trinajstić information content (AvgIpc) is 2.47. The van der Waals surface area contributed by atoms with Gasteiger partial charge in [0.1, 0.15) is 7.85 Å². The Morgan fingerprint density at radius 1 is 1.43 bits per heavy atom. The predicted molar refractivity (Wildman–Crippen MR) is 108 cm³/mol. The van der Waals surface area contributed by atoms with Crippen LogP contribution in [0.4, 0.5) is 0 Å². The number of rotatable bonds is 8. The van der Waals surface area contributed by atoms with E-state index in [4.69, 9.17) is 0 Å². The highest BCUT2D eigenvalue weighted by Gasteiger charge is 2.22. The van der Waals surface area contributed by atoms with Gasteiger partial charge in [0.15, 0.2) is 0 Å². The summed E-state index contributed by atoms with van der Waals surface area (Å²) < 4.78 is 0. The van der Waals surface area contributed by atoms with Crippen LogP contribution in [-0.2, 0) is 0 Å². The van der Waals surface area contributed by atoms with Crippen molar-refractivity contribution in [3.8, 4) is 0 Å². The summed E-state index contributed by atoms with van der Waals surface area (Å²) in [5.74, 6) is 2.71. The molecule has 0 radical (unpaired) electrons. The molecule has 128 valence electrons. The third kappa shape index (κ3) is 6.57. The molecule has 0 heterocycles. The summed E-state index contributed by atoms with van der Waals surface area (Å²) in [7, 11) is 2.27. The quantitative estimate of drug-likeness (QED) is 0.377. The van der Waals surface area contributed by atoms with Gasteiger partial charge in [-0.2, -0.15) is 0 Å². The van der Waals surface area contributed by atoms with Crippen molar-refractivity contribution in [1.82, 2.24) is 0 Å². The first-order valence-electron chi connectivity index (χ1n) is 9.50. The summed E-state index contributed by atoms with van der Waals surface area (Å²) in [4.78, 5) is 0. The van der Waals surface area contributed by atoms with E-state index in [1.807, 2.05) is 0 Å². The number of hydrogen-bond donors (Lipinski definition) is 0. The first kappa shape index (κ1) is 20.1. The standard InChI is InChI=1S/C22H37B/c1-7-9-19(10-8-2)22(16(3)4)14-17(5)13-20-11-12-21(23)15-18(20)6/h7,9,12-13,18-20,22H,3,8,10-11,14-15,23H2,1-2,4-6H3/b9-7-,17-13+. The molecule has 0 fully saturated rings. The second-order valence-electron chi connectivity index (χ2n) is 7.78. The van der Waals surface area contributed by atoms with Crippen molar-refractivity contribution in [2.75, 3.05) is 0 Å². The van der Waals surface area contributed by atoms with Crippen molar-refractivity contribution in [3.63, 3.8) is 0 Å². The zero-order valence-electron chi connectivity index (χ0n) is 16.4. The fraction of sp³-hybridized carbons (Fsp3) is 0.636. The minimum Gasteiger partial charge on any atom is -0.114 e. The van der Waals surface area contributed by atoms with Crippen molar-refractivity contribution in [1.29, 1.82) is 0 Å². The Bertz CT molecular complexity index is 466. The first-order valence-corrected chi connectivity index (χ1v) is 9.50. The van der Waals surface area contributed by atoms with Crippen LogP contribution < -0.4 is 0 Å². The molecule has 1 heteroatoms. The molecule has 0 aromatic rings. The maximum Gasteiger partial charge on any atom is 0.133 e. The normalized spacial score (nSPS) is 25.3. The highest BCUT2D eigenvalue weighted by atomic mass is 14.3. The van der Waals surface area contributed by atoms with Crippen LogP contribution in [0.5, 0.6) is 0 Å². The molecule has 0 aromatic carbocycles. The van der Waals surface area contributed by atoms with Gasteiger partial charge in [0, 0.05) is 0 Å². The second kappa shape index (κ2) is 10.0. The Hall–Kier alpha value is -0.975. The van der Waals surface area contributed by atoms with Crippen LogP contribution in [0.25, 0.3) is 0 Å². The lowest BCUT2D eigenvalue weighted by Crippen LogP contribution is -2.17. The van der Waals surface area contributed by atoms with E-state index in [1.54, 1.807) is 11.0 Å². The number of hydrogen-bond acceptors (Lipinski definition) is 0. The lowest BCUT2D eigenvalue weighted by atomic mass is 9.73. The lowest BCUT2D eigenvalue weighted by Gasteiger charge is -2.28. The van der Waals surface area contributed by atoms with Gasteiger partial charge in [-0.3, -0.25) is 0 Å². The van der Waals surface area contributed by atoms with Crippen molar-refractivity contribution < 1.29 is 0 Å². The SMILES string of the molecule is BC1=CCC(/C=C(\C)CC(C(=C)C)C(/C=C\C)CCC)C(C)C1. The topological polar surface area (TPSA) is 0 Å². The fourth-order valence-electron chi connectivity index (χ4n) is 4.03. The monoisotopic (exact) mass is 312 g/mol. The van der Waals surface area contributed by atoms with E-state index >= 15 is 0 Å². The average molecular weight is 312 g/mol. The maximum absolute atomic E-state index is 4.29. The lowest BCUT2D eigenvalue weighted by molar-refractivity contribution is 0.400. The zero-order chi connectivity index (χ0) is 17.4. The summed E-state index contributed by atoms with van der Waals surface area (Å²) in [5, 5.41) is 0. The van der Waals surface area contributed by atoms with E-state index in [-0.39, 0.29) is 0 Å². The van der Waals surface area contributed by atoms with Crippen LogP contribution in [0, 0.1) is 23.7 Å². The molecule has 0 saturated heterocycles. The molecule has 0 aromatic heterocycles. The molecule has 1 aliphatic carbocycles. The molecule has 0 amide bonds. The fourth-order valence-corrected chi connectivity index (χ4v) is 4.03. The van der Waals surface area contributed by atoms with Crippen LogP contribution in [0.1, 0.15) is 66.7 Å². The Kier molecular flexibility index (Phi) is 8.73. The molecular weight excluding hydrogens is 275 g/mol. The van der Waals surface area contributed by atoms with Gasteiger partial charge in [0.05, 0.1) is 0 Å². The molecule has 1 aliphatic rings. The zero-order valence-corrected chi connectivity index (χ0v) is 16.4. The first-order chi connectivity index (χ1) is 10.9. The third-order valence-electron chi connectivity index (χ3n) is 5.37. The summed E-state index contributed by atoms with van der Waals surface area (Å²) in [6, 6.07) is 0. The van der Waals surface area contributed by atoms with E-state index in [9.17, 15) is 0 Å². The van der Waals surface area contributed by atoms with E-state index in [1.165, 1.54) is 31.3 Å². The van der Waals surface area contributed by atoms with Gasteiger partial charge < -0.3 is 0 Å². The van der Waals surface area contributed by atoms with Gasteiger partial charge >= 0.3 is 0 Å². The Labute approximate surface area is 146 Å². The van der Waals surface area contributed by atoms with Gasteiger partial charge in [0.2, 0.25) is 0 Å². The van der Waals surface area contributed by atoms with Crippen molar-refractivity contribution >= 4 is 7.85 Å². The van der Waals surface area contributed by atoms with Gasteiger partial charge in [-0.25, -0.2) is 0 Å². The van der Waals surface area contributed by atoms with E-state index in [0.29, 0.717) is 11.8 Å². The van der Waals surface area contributed by atoms with E-state index in [2.05, 4.69) is 73.3 Å². The molecule has 0 nitrogen and oxygen atoms in total. The summed E-state index contributed by atoms with van der Waals surface area (Å²) in [6.45, 7) is 15.7. The van der Waals surface area contributed by atoms with Gasteiger partial charge in [-0.05, 0) is 70.1 Å². The molecule has 0 bridgehead atoms. The molecule has 23 heavy (non-hydrogen) atoms. The Balaban J connectivity index is 2.82. The van der Waals surface area contributed by atoms with Gasteiger partial charge in [-0.15, -0.1) is 5.47 Å². The molecule has 0 spiro atoms. The summed E-state index contributed by atoms with van der Waals surface area (Å²) >= 11 is 0. The Morgan fingerprint density at radius 2 is 2.13 bits per heavy atom. The molecule has 0 N–H and O–H groups in total. The highest BCUT2D eigenvalue weighted by Crippen LogP contribution is 2.34. The van der Waals surface area contributed by atoms with E-state index < -0.39 is 0 Å². The van der Waals surface area contributed by atoms with Crippen LogP contribution in [0.3, 0.4) is 0 Å². The maximum atomic E-state index is 4.29. The van der Waals surface area contributed by atoms with Crippen LogP contribution in [0.15, 0.2) is 47.5 Å². The smallest absolute Gasteiger partial charge is 0.114 e. The molecule has 4 unspecified atom stereocenters. The van der Waals surface area contributed by atoms with E-state index in [0.717, 1.165) is 18.3 Å². The minimum absolute atomic E-state index is 0.582. The van der Waals surface area contributed by atoms with Crippen molar-refractivity contribution in [2.24, 2.45) is 23.7 Å². The van der Waals surface area contributed by atoms with Crippen LogP contribution >= 0.6 is 0 Å². The third-order valence-corrected chi connectivity index (χ3v) is 5.37. The minimum atomic E-state index is 0.582. The van der Waals surface area contributed by atoms with Crippen LogP contribution in [-0.4, -0.2) is 7.85 Å². The number of allylic oxidation sites excluding steroid dienone is 7. The molecule has 1 rings (SSSR count). The largest absolute Gasteiger partial charge is 0.133 e. The van der Waals surface area contributed by atoms with Crippen molar-refractivity contribution in [3.05, 3.63) is 47.5 Å². The molecule has 4 atom stereocenters. The molecular formula is C22H37B. The van der Waals surface area contributed by atoms with Gasteiger partial charge in [0.25, 0.3) is 0 Å². The summed E-state index contributed by atoms with van der Waals surface area (Å²) in [5.41, 5.74) is 4.45. The highest BCUT2D eigenvalue weighted by molar-refractivity contribution is 6.21. The van der Waals surface area contributed by atoms with Gasteiger partial charge in [-0.1, -0.05) is 62.3 Å². The molecule has 0 aliphatic heterocycles. The summed E-state index contributed by atoms with van der Waals surface area (Å²) in [6.07, 6.45) is 15.7. The van der Waals surface area contributed by atoms with Crippen LogP contribution in [0.2, 0.25) is 0 Å². The molecule has 0 saturated carbocycles. The second-order valence-corrected chi connectivity index (χ2v) is 7.78. The van der Waals surface area contributed by atoms with Crippen molar-refractivity contribution in [2.45, 2.75) is 66.7 Å².